The highest BCUT2D eigenvalue weighted by Crippen LogP contribution is 2.22. The van der Waals surface area contributed by atoms with Crippen molar-refractivity contribution in [1.29, 1.82) is 0 Å². The number of rotatable bonds is 6. The average molecular weight is 282 g/mol. The van der Waals surface area contributed by atoms with Crippen LogP contribution < -0.4 is 0 Å². The van der Waals surface area contributed by atoms with Gasteiger partial charge in [0.1, 0.15) is 0 Å². The summed E-state index contributed by atoms with van der Waals surface area (Å²) < 4.78 is 37.1. The first-order valence-electron chi connectivity index (χ1n) is 6.83. The van der Waals surface area contributed by atoms with E-state index in [0.29, 0.717) is 19.6 Å². The Morgan fingerprint density at radius 1 is 1.32 bits per heavy atom. The van der Waals surface area contributed by atoms with E-state index in [0.717, 1.165) is 19.5 Å². The van der Waals surface area contributed by atoms with Crippen molar-refractivity contribution in [2.24, 2.45) is 5.92 Å². The summed E-state index contributed by atoms with van der Waals surface area (Å²) in [4.78, 5) is 3.59. The number of nitrogens with zero attached hydrogens (tertiary/aromatic N) is 2. The van der Waals surface area contributed by atoms with Crippen LogP contribution in [0.4, 0.5) is 13.2 Å². The standard InChI is InChI=1S/C13H25F3N2O/c1-4-17(10-13(14,15)16)7-11-5-6-18(8-11)9-12(2,3)19/h11,19H,4-10H2,1-3H3. The molecule has 0 saturated carbocycles. The predicted molar refractivity (Wildman–Crippen MR) is 69.0 cm³/mol. The minimum absolute atomic E-state index is 0.268. The van der Waals surface area contributed by atoms with Crippen molar-refractivity contribution < 1.29 is 18.3 Å². The molecule has 0 aromatic heterocycles. The van der Waals surface area contributed by atoms with Crippen LogP contribution in [0.25, 0.3) is 0 Å². The van der Waals surface area contributed by atoms with Gasteiger partial charge in [-0.15, -0.1) is 0 Å². The van der Waals surface area contributed by atoms with Crippen LogP contribution in [-0.2, 0) is 0 Å². The van der Waals surface area contributed by atoms with E-state index in [1.54, 1.807) is 20.8 Å². The third kappa shape index (κ3) is 7.13. The molecule has 0 aromatic carbocycles. The van der Waals surface area contributed by atoms with Gasteiger partial charge in [0.25, 0.3) is 0 Å². The summed E-state index contributed by atoms with van der Waals surface area (Å²) in [5.41, 5.74) is -0.745. The van der Waals surface area contributed by atoms with Crippen molar-refractivity contribution in [1.82, 2.24) is 9.80 Å². The lowest BCUT2D eigenvalue weighted by atomic mass is 10.1. The van der Waals surface area contributed by atoms with Gasteiger partial charge in [-0.3, -0.25) is 4.90 Å². The molecule has 1 aliphatic rings. The second-order valence-electron chi connectivity index (χ2n) is 6.15. The molecule has 3 nitrogen and oxygen atoms in total. The molecular weight excluding hydrogens is 257 g/mol. The molecule has 0 amide bonds. The number of alkyl halides is 3. The summed E-state index contributed by atoms with van der Waals surface area (Å²) >= 11 is 0. The maximum atomic E-state index is 12.4. The highest BCUT2D eigenvalue weighted by Gasteiger charge is 2.33. The molecule has 1 unspecified atom stereocenters. The van der Waals surface area contributed by atoms with Gasteiger partial charge >= 0.3 is 6.18 Å². The summed E-state index contributed by atoms with van der Waals surface area (Å²) in [6.45, 7) is 7.55. The number of likely N-dealkylation sites (tertiary alicyclic amines) is 1. The molecule has 114 valence electrons. The molecule has 0 radical (unpaired) electrons. The third-order valence-electron chi connectivity index (χ3n) is 3.35. The maximum Gasteiger partial charge on any atom is 0.401 e. The van der Waals surface area contributed by atoms with Gasteiger partial charge in [0, 0.05) is 19.6 Å². The van der Waals surface area contributed by atoms with Gasteiger partial charge in [0.05, 0.1) is 12.1 Å². The number of hydrogen-bond acceptors (Lipinski definition) is 3. The minimum atomic E-state index is -4.12. The molecule has 1 N–H and O–H groups in total. The fraction of sp³-hybridized carbons (Fsp3) is 1.00. The van der Waals surface area contributed by atoms with Crippen molar-refractivity contribution in [2.45, 2.75) is 39.0 Å². The third-order valence-corrected chi connectivity index (χ3v) is 3.35. The molecule has 0 spiro atoms. The Bertz CT molecular complexity index is 276. The van der Waals surface area contributed by atoms with Gasteiger partial charge in [0.15, 0.2) is 0 Å². The summed E-state index contributed by atoms with van der Waals surface area (Å²) in [5, 5.41) is 9.74. The molecule has 19 heavy (non-hydrogen) atoms. The topological polar surface area (TPSA) is 26.7 Å². The molecule has 1 aliphatic heterocycles. The first-order valence-corrected chi connectivity index (χ1v) is 6.83. The van der Waals surface area contributed by atoms with Crippen LogP contribution in [0, 0.1) is 5.92 Å². The van der Waals surface area contributed by atoms with Gasteiger partial charge in [-0.25, -0.2) is 0 Å². The lowest BCUT2D eigenvalue weighted by molar-refractivity contribution is -0.146. The van der Waals surface area contributed by atoms with E-state index >= 15 is 0 Å². The Morgan fingerprint density at radius 2 is 1.95 bits per heavy atom. The quantitative estimate of drug-likeness (QED) is 0.807. The van der Waals surface area contributed by atoms with Crippen molar-refractivity contribution >= 4 is 0 Å². The molecule has 6 heteroatoms. The Hall–Kier alpha value is -0.330. The molecule has 1 rings (SSSR count). The Kier molecular flexibility index (Phi) is 5.65. The van der Waals surface area contributed by atoms with Gasteiger partial charge in [-0.05, 0) is 39.3 Å². The zero-order chi connectivity index (χ0) is 14.7. The Morgan fingerprint density at radius 3 is 2.42 bits per heavy atom. The normalized spacial score (nSPS) is 22.4. The first kappa shape index (κ1) is 16.7. The Balaban J connectivity index is 2.38. The second kappa shape index (κ2) is 6.41. The smallest absolute Gasteiger partial charge is 0.389 e. The van der Waals surface area contributed by atoms with Crippen LogP contribution in [0.5, 0.6) is 0 Å². The molecule has 1 fully saturated rings. The summed E-state index contributed by atoms with van der Waals surface area (Å²) in [6.07, 6.45) is -3.22. The molecule has 1 atom stereocenters. The van der Waals surface area contributed by atoms with Crippen molar-refractivity contribution in [3.8, 4) is 0 Å². The van der Waals surface area contributed by atoms with Crippen molar-refractivity contribution in [3.05, 3.63) is 0 Å². The second-order valence-corrected chi connectivity index (χ2v) is 6.15. The van der Waals surface area contributed by atoms with E-state index in [2.05, 4.69) is 4.90 Å². The summed E-state index contributed by atoms with van der Waals surface area (Å²) in [6, 6.07) is 0. The maximum absolute atomic E-state index is 12.4. The van der Waals surface area contributed by atoms with Crippen LogP contribution >= 0.6 is 0 Å². The molecule has 1 saturated heterocycles. The van der Waals surface area contributed by atoms with Crippen molar-refractivity contribution in [3.63, 3.8) is 0 Å². The first-order chi connectivity index (χ1) is 8.59. The molecule has 0 aromatic rings. The zero-order valence-electron chi connectivity index (χ0n) is 12.0. The number of aliphatic hydroxyl groups is 1. The lowest BCUT2D eigenvalue weighted by Crippen LogP contribution is -2.40. The Labute approximate surface area is 113 Å². The zero-order valence-corrected chi connectivity index (χ0v) is 12.0. The van der Waals surface area contributed by atoms with Crippen LogP contribution in [0.2, 0.25) is 0 Å². The largest absolute Gasteiger partial charge is 0.401 e. The minimum Gasteiger partial charge on any atom is -0.389 e. The van der Waals surface area contributed by atoms with Crippen LogP contribution in [0.15, 0.2) is 0 Å². The number of halogens is 3. The van der Waals surface area contributed by atoms with Crippen LogP contribution in [0.1, 0.15) is 27.2 Å². The fourth-order valence-corrected chi connectivity index (χ4v) is 2.68. The van der Waals surface area contributed by atoms with Crippen molar-refractivity contribution in [2.75, 3.05) is 39.3 Å². The summed E-state index contributed by atoms with van der Waals surface area (Å²) in [5.74, 6) is 0.268. The predicted octanol–water partition coefficient (Wildman–Crippen LogP) is 1.96. The van der Waals surface area contributed by atoms with Crippen LogP contribution in [-0.4, -0.2) is 66.0 Å². The van der Waals surface area contributed by atoms with E-state index in [4.69, 9.17) is 0 Å². The SMILES string of the molecule is CCN(CC1CCN(CC(C)(C)O)C1)CC(F)(F)F. The lowest BCUT2D eigenvalue weighted by Gasteiger charge is -2.27. The molecule has 1 heterocycles. The highest BCUT2D eigenvalue weighted by atomic mass is 19.4. The van der Waals surface area contributed by atoms with E-state index in [9.17, 15) is 18.3 Å². The average Bonchev–Trinajstić information content (AvgIpc) is 2.59. The van der Waals surface area contributed by atoms with E-state index < -0.39 is 18.3 Å². The van der Waals surface area contributed by atoms with Gasteiger partial charge in [-0.1, -0.05) is 6.92 Å². The molecular formula is C13H25F3N2O. The fourth-order valence-electron chi connectivity index (χ4n) is 2.68. The van der Waals surface area contributed by atoms with Gasteiger partial charge < -0.3 is 10.0 Å². The van der Waals surface area contributed by atoms with Gasteiger partial charge in [-0.2, -0.15) is 13.2 Å². The highest BCUT2D eigenvalue weighted by molar-refractivity contribution is 4.82. The monoisotopic (exact) mass is 282 g/mol. The van der Waals surface area contributed by atoms with E-state index in [1.807, 2.05) is 0 Å². The van der Waals surface area contributed by atoms with Gasteiger partial charge in [0.2, 0.25) is 0 Å². The summed E-state index contributed by atoms with van der Waals surface area (Å²) in [7, 11) is 0. The number of β-amino-alcohol motifs (C(OH)–C–C–N with tert-alkyl or cyclic N) is 1. The molecule has 0 bridgehead atoms. The number of hydrogen-bond donors (Lipinski definition) is 1. The van der Waals surface area contributed by atoms with Crippen LogP contribution in [0.3, 0.4) is 0 Å². The van der Waals surface area contributed by atoms with E-state index in [1.165, 1.54) is 4.90 Å². The van der Waals surface area contributed by atoms with E-state index in [-0.39, 0.29) is 5.92 Å². The molecule has 0 aliphatic carbocycles.